The van der Waals surface area contributed by atoms with E-state index in [1.54, 1.807) is 0 Å². The number of anilines is 1. The lowest BCUT2D eigenvalue weighted by Gasteiger charge is -2.28. The molecule has 114 valence electrons. The predicted molar refractivity (Wildman–Crippen MR) is 90.3 cm³/mol. The third-order valence-electron chi connectivity index (χ3n) is 2.93. The maximum absolute atomic E-state index is 9.90. The minimum Gasteiger partial charge on any atom is -0.389 e. The summed E-state index contributed by atoms with van der Waals surface area (Å²) >= 11 is 3.63. The summed E-state index contributed by atoms with van der Waals surface area (Å²) in [7, 11) is 1.99. The Bertz CT molecular complexity index is 427. The Morgan fingerprint density at radius 1 is 1.35 bits per heavy atom. The zero-order chi connectivity index (χ0) is 15.3. The van der Waals surface area contributed by atoms with E-state index in [0.717, 1.165) is 23.2 Å². The average Bonchev–Trinajstić information content (AvgIpc) is 2.25. The van der Waals surface area contributed by atoms with Crippen molar-refractivity contribution < 1.29 is 5.11 Å². The zero-order valence-electron chi connectivity index (χ0n) is 13.2. The molecule has 2 N–H and O–H groups in total. The smallest absolute Gasteiger partial charge is 0.0765 e. The molecule has 1 aromatic carbocycles. The van der Waals surface area contributed by atoms with E-state index in [0.29, 0.717) is 12.5 Å². The highest BCUT2D eigenvalue weighted by molar-refractivity contribution is 9.10. The van der Waals surface area contributed by atoms with Crippen LogP contribution in [-0.2, 0) is 6.54 Å². The lowest BCUT2D eigenvalue weighted by atomic mass is 10.1. The van der Waals surface area contributed by atoms with E-state index in [9.17, 15) is 5.11 Å². The second kappa shape index (κ2) is 7.43. The molecule has 0 aliphatic carbocycles. The maximum Gasteiger partial charge on any atom is 0.0765 e. The molecule has 0 saturated heterocycles. The summed E-state index contributed by atoms with van der Waals surface area (Å²) in [5.41, 5.74) is 1.66. The van der Waals surface area contributed by atoms with Gasteiger partial charge in [-0.3, -0.25) is 0 Å². The number of hydrogen-bond donors (Lipinski definition) is 2. The van der Waals surface area contributed by atoms with E-state index >= 15 is 0 Å². The molecule has 0 radical (unpaired) electrons. The molecule has 0 fully saturated rings. The van der Waals surface area contributed by atoms with Crippen LogP contribution in [0.1, 0.15) is 33.3 Å². The zero-order valence-corrected chi connectivity index (χ0v) is 14.8. The van der Waals surface area contributed by atoms with E-state index in [-0.39, 0.29) is 0 Å². The molecule has 0 unspecified atom stereocenters. The van der Waals surface area contributed by atoms with Crippen LogP contribution in [0.25, 0.3) is 0 Å². The summed E-state index contributed by atoms with van der Waals surface area (Å²) in [4.78, 5) is 2.06. The molecular weight excluding hydrogens is 316 g/mol. The lowest BCUT2D eigenvalue weighted by Crippen LogP contribution is -2.36. The molecule has 0 amide bonds. The first kappa shape index (κ1) is 17.5. The predicted octanol–water partition coefficient (Wildman–Crippen LogP) is 3.40. The Balaban J connectivity index is 2.68. The van der Waals surface area contributed by atoms with Crippen molar-refractivity contribution in [3.63, 3.8) is 0 Å². The van der Waals surface area contributed by atoms with Gasteiger partial charge in [0.05, 0.1) is 11.3 Å². The van der Waals surface area contributed by atoms with Crippen molar-refractivity contribution >= 4 is 21.6 Å². The van der Waals surface area contributed by atoms with Crippen molar-refractivity contribution in [2.45, 2.75) is 39.8 Å². The third-order valence-corrected chi connectivity index (χ3v) is 3.56. The van der Waals surface area contributed by atoms with E-state index in [4.69, 9.17) is 0 Å². The van der Waals surface area contributed by atoms with Crippen molar-refractivity contribution in [2.24, 2.45) is 5.92 Å². The first-order valence-corrected chi connectivity index (χ1v) is 7.91. The highest BCUT2D eigenvalue weighted by atomic mass is 79.9. The van der Waals surface area contributed by atoms with Crippen LogP contribution in [0, 0.1) is 5.92 Å². The largest absolute Gasteiger partial charge is 0.389 e. The number of hydrogen-bond acceptors (Lipinski definition) is 3. The van der Waals surface area contributed by atoms with Gasteiger partial charge in [-0.05, 0) is 59.9 Å². The summed E-state index contributed by atoms with van der Waals surface area (Å²) in [5, 5.41) is 13.3. The van der Waals surface area contributed by atoms with Gasteiger partial charge in [0, 0.05) is 24.6 Å². The highest BCUT2D eigenvalue weighted by Crippen LogP contribution is 2.27. The van der Waals surface area contributed by atoms with Gasteiger partial charge in [0.25, 0.3) is 0 Å². The summed E-state index contributed by atoms with van der Waals surface area (Å²) in [6.45, 7) is 10.6. The van der Waals surface area contributed by atoms with Crippen molar-refractivity contribution in [3.05, 3.63) is 28.2 Å². The SMILES string of the molecule is CC(C)CNCc1ccc(N(C)CC(C)(C)O)c(Br)c1. The molecule has 0 aliphatic heterocycles. The minimum atomic E-state index is -0.703. The van der Waals surface area contributed by atoms with Crippen LogP contribution >= 0.6 is 15.9 Å². The second-order valence-electron chi connectivity index (χ2n) is 6.48. The second-order valence-corrected chi connectivity index (χ2v) is 7.33. The first-order chi connectivity index (χ1) is 9.19. The van der Waals surface area contributed by atoms with E-state index in [1.807, 2.05) is 20.9 Å². The fourth-order valence-corrected chi connectivity index (χ4v) is 2.87. The van der Waals surface area contributed by atoms with E-state index < -0.39 is 5.60 Å². The monoisotopic (exact) mass is 342 g/mol. The fraction of sp³-hybridized carbons (Fsp3) is 0.625. The van der Waals surface area contributed by atoms with Crippen LogP contribution in [0.3, 0.4) is 0 Å². The molecule has 4 heteroatoms. The molecule has 0 saturated carbocycles. The number of rotatable bonds is 7. The van der Waals surface area contributed by atoms with Crippen molar-refractivity contribution in [1.29, 1.82) is 0 Å². The van der Waals surface area contributed by atoms with Crippen LogP contribution in [0.4, 0.5) is 5.69 Å². The summed E-state index contributed by atoms with van der Waals surface area (Å²) in [6, 6.07) is 6.38. The number of nitrogens with one attached hydrogen (secondary N) is 1. The van der Waals surface area contributed by atoms with E-state index in [2.05, 4.69) is 58.2 Å². The van der Waals surface area contributed by atoms with Crippen LogP contribution in [0.2, 0.25) is 0 Å². The standard InChI is InChI=1S/C16H27BrN2O/c1-12(2)9-18-10-13-6-7-15(14(17)8-13)19(5)11-16(3,4)20/h6-8,12,18,20H,9-11H2,1-5H3. The Morgan fingerprint density at radius 2 is 2.00 bits per heavy atom. The molecule has 20 heavy (non-hydrogen) atoms. The molecule has 0 spiro atoms. The molecular formula is C16H27BrN2O. The lowest BCUT2D eigenvalue weighted by molar-refractivity contribution is 0.0886. The molecule has 1 aromatic rings. The molecule has 1 rings (SSSR count). The summed E-state index contributed by atoms with van der Waals surface area (Å²) in [6.07, 6.45) is 0. The summed E-state index contributed by atoms with van der Waals surface area (Å²) in [5.74, 6) is 0.663. The Hall–Kier alpha value is -0.580. The third kappa shape index (κ3) is 6.25. The van der Waals surface area contributed by atoms with E-state index in [1.165, 1.54) is 5.56 Å². The minimum absolute atomic E-state index is 0.594. The van der Waals surface area contributed by atoms with Crippen molar-refractivity contribution in [2.75, 3.05) is 25.0 Å². The normalized spacial score (nSPS) is 12.0. The highest BCUT2D eigenvalue weighted by Gasteiger charge is 2.17. The Morgan fingerprint density at radius 3 is 2.50 bits per heavy atom. The van der Waals surface area contributed by atoms with Gasteiger partial charge in [-0.1, -0.05) is 19.9 Å². The molecule has 0 atom stereocenters. The fourth-order valence-electron chi connectivity index (χ4n) is 2.14. The van der Waals surface area contributed by atoms with Gasteiger partial charge in [0.2, 0.25) is 0 Å². The van der Waals surface area contributed by atoms with Crippen molar-refractivity contribution in [3.8, 4) is 0 Å². The quantitative estimate of drug-likeness (QED) is 0.797. The van der Waals surface area contributed by atoms with Gasteiger partial charge < -0.3 is 15.3 Å². The number of benzene rings is 1. The van der Waals surface area contributed by atoms with Gasteiger partial charge in [0.15, 0.2) is 0 Å². The van der Waals surface area contributed by atoms with Gasteiger partial charge in [-0.2, -0.15) is 0 Å². The van der Waals surface area contributed by atoms with Crippen LogP contribution in [0.5, 0.6) is 0 Å². The first-order valence-electron chi connectivity index (χ1n) is 7.11. The van der Waals surface area contributed by atoms with Crippen LogP contribution in [0.15, 0.2) is 22.7 Å². The maximum atomic E-state index is 9.90. The Labute approximate surface area is 131 Å². The molecule has 0 aliphatic rings. The molecule has 0 heterocycles. The van der Waals surface area contributed by atoms with Crippen molar-refractivity contribution in [1.82, 2.24) is 5.32 Å². The number of aliphatic hydroxyl groups is 1. The van der Waals surface area contributed by atoms with Gasteiger partial charge in [-0.25, -0.2) is 0 Å². The van der Waals surface area contributed by atoms with Gasteiger partial charge in [-0.15, -0.1) is 0 Å². The number of nitrogens with zero attached hydrogens (tertiary/aromatic N) is 1. The number of halogens is 1. The Kier molecular flexibility index (Phi) is 6.49. The topological polar surface area (TPSA) is 35.5 Å². The molecule has 0 bridgehead atoms. The summed E-state index contributed by atoms with van der Waals surface area (Å²) < 4.78 is 1.06. The van der Waals surface area contributed by atoms with Crippen LogP contribution < -0.4 is 10.2 Å². The average molecular weight is 343 g/mol. The molecule has 3 nitrogen and oxygen atoms in total. The molecule has 0 aromatic heterocycles. The number of likely N-dealkylation sites (N-methyl/N-ethyl adjacent to an activating group) is 1. The van der Waals surface area contributed by atoms with Crippen LogP contribution in [-0.4, -0.2) is 30.8 Å². The van der Waals surface area contributed by atoms with Gasteiger partial charge >= 0.3 is 0 Å². The van der Waals surface area contributed by atoms with Gasteiger partial charge in [0.1, 0.15) is 0 Å².